The topological polar surface area (TPSA) is 118 Å². The second-order valence-corrected chi connectivity index (χ2v) is 9.21. The van der Waals surface area contributed by atoms with Crippen molar-refractivity contribution in [1.29, 1.82) is 0 Å². The van der Waals surface area contributed by atoms with E-state index in [1.54, 1.807) is 12.4 Å². The summed E-state index contributed by atoms with van der Waals surface area (Å²) in [5.41, 5.74) is 8.22. The predicted octanol–water partition coefficient (Wildman–Crippen LogP) is 3.70. The molecule has 4 aromatic rings. The molecule has 176 valence electrons. The average Bonchev–Trinajstić information content (AvgIpc) is 3.19. The van der Waals surface area contributed by atoms with Crippen LogP contribution in [-0.4, -0.2) is 50.8 Å². The Morgan fingerprint density at radius 2 is 1.85 bits per heavy atom. The Morgan fingerprint density at radius 3 is 2.50 bits per heavy atom. The van der Waals surface area contributed by atoms with Crippen molar-refractivity contribution in [2.75, 3.05) is 25.0 Å². The van der Waals surface area contributed by atoms with Gasteiger partial charge in [-0.15, -0.1) is 0 Å². The highest BCUT2D eigenvalue weighted by Gasteiger charge is 2.38. The van der Waals surface area contributed by atoms with E-state index < -0.39 is 12.0 Å². The van der Waals surface area contributed by atoms with Crippen LogP contribution >= 0.6 is 23.2 Å². The number of nitrogens with zero attached hydrogens (tertiary/aromatic N) is 5. The molecule has 0 bridgehead atoms. The van der Waals surface area contributed by atoms with Crippen LogP contribution in [0.4, 0.5) is 10.3 Å². The number of nitrogens with one attached hydrogen (secondary N) is 2. The molecule has 0 spiro atoms. The van der Waals surface area contributed by atoms with Crippen molar-refractivity contribution in [2.24, 2.45) is 5.73 Å². The zero-order valence-electron chi connectivity index (χ0n) is 18.3. The van der Waals surface area contributed by atoms with Gasteiger partial charge in [-0.3, -0.25) is 15.8 Å². The lowest BCUT2D eigenvalue weighted by Crippen LogP contribution is -2.67. The summed E-state index contributed by atoms with van der Waals surface area (Å²) in [4.78, 5) is 14.9. The first-order valence-corrected chi connectivity index (χ1v) is 11.2. The van der Waals surface area contributed by atoms with Gasteiger partial charge in [0.25, 0.3) is 0 Å². The van der Waals surface area contributed by atoms with Crippen LogP contribution in [0.15, 0.2) is 36.9 Å². The van der Waals surface area contributed by atoms with Crippen molar-refractivity contribution >= 4 is 40.1 Å². The quantitative estimate of drug-likeness (QED) is 0.341. The molecule has 9 nitrogen and oxygen atoms in total. The van der Waals surface area contributed by atoms with Crippen LogP contribution in [0.25, 0.3) is 22.2 Å². The maximum Gasteiger partial charge on any atom is 0.225 e. The number of ether oxygens (including phenoxy) is 1. The summed E-state index contributed by atoms with van der Waals surface area (Å²) in [7, 11) is 1.94. The fourth-order valence-corrected chi connectivity index (χ4v) is 4.50. The monoisotopic (exact) mass is 502 g/mol. The van der Waals surface area contributed by atoms with E-state index >= 15 is 0 Å². The molecule has 0 radical (unpaired) electrons. The van der Waals surface area contributed by atoms with Gasteiger partial charge in [-0.2, -0.15) is 5.10 Å². The molecule has 4 heterocycles. The fourth-order valence-electron chi connectivity index (χ4n) is 3.92. The number of aromatic amines is 1. The SMILES string of the molecule is CNC1(C)CN(c2ncc(-c3n[nH]c4cc(F)c(O[C@H](N)c5c(Cl)cncc5Cl)cc34)cn2)C1. The first-order valence-electron chi connectivity index (χ1n) is 10.4. The number of halogens is 3. The minimum atomic E-state index is -1.10. The van der Waals surface area contributed by atoms with E-state index in [-0.39, 0.29) is 21.3 Å². The summed E-state index contributed by atoms with van der Waals surface area (Å²) in [5, 5.41) is 11.5. The number of benzene rings is 1. The van der Waals surface area contributed by atoms with E-state index in [1.165, 1.54) is 24.5 Å². The van der Waals surface area contributed by atoms with Crippen LogP contribution in [0.5, 0.6) is 5.75 Å². The van der Waals surface area contributed by atoms with Gasteiger partial charge in [0.1, 0.15) is 5.69 Å². The first kappa shape index (κ1) is 22.7. The van der Waals surface area contributed by atoms with Crippen LogP contribution < -0.4 is 20.7 Å². The molecule has 1 atom stereocenters. The molecule has 1 fully saturated rings. The van der Waals surface area contributed by atoms with Crippen molar-refractivity contribution in [3.8, 4) is 17.0 Å². The van der Waals surface area contributed by atoms with Gasteiger partial charge in [0.15, 0.2) is 17.8 Å². The minimum Gasteiger partial charge on any atom is -0.468 e. The maximum absolute atomic E-state index is 14.7. The number of pyridine rings is 1. The van der Waals surface area contributed by atoms with Crippen LogP contribution in [0.3, 0.4) is 0 Å². The number of anilines is 1. The van der Waals surface area contributed by atoms with Gasteiger partial charge in [-0.25, -0.2) is 14.4 Å². The molecule has 12 heteroatoms. The zero-order chi connectivity index (χ0) is 24.0. The van der Waals surface area contributed by atoms with E-state index in [1.807, 2.05) is 7.05 Å². The Kier molecular flexibility index (Phi) is 5.76. The molecular weight excluding hydrogens is 482 g/mol. The van der Waals surface area contributed by atoms with Crippen LogP contribution in [0, 0.1) is 5.82 Å². The summed E-state index contributed by atoms with van der Waals surface area (Å²) < 4.78 is 20.4. The van der Waals surface area contributed by atoms with Crippen molar-refractivity contribution in [3.63, 3.8) is 0 Å². The third-order valence-electron chi connectivity index (χ3n) is 5.92. The largest absolute Gasteiger partial charge is 0.468 e. The number of likely N-dealkylation sites (N-methyl/N-ethyl adjacent to an activating group) is 1. The number of hydrogen-bond donors (Lipinski definition) is 3. The number of H-pyrrole nitrogens is 1. The number of rotatable bonds is 6. The summed E-state index contributed by atoms with van der Waals surface area (Å²) in [6.07, 6.45) is 5.07. The third kappa shape index (κ3) is 4.03. The second kappa shape index (κ2) is 8.62. The van der Waals surface area contributed by atoms with Crippen molar-refractivity contribution < 1.29 is 9.13 Å². The molecule has 1 aliphatic rings. The van der Waals surface area contributed by atoms with E-state index in [2.05, 4.69) is 42.3 Å². The Morgan fingerprint density at radius 1 is 1.18 bits per heavy atom. The Labute approximate surface area is 204 Å². The minimum absolute atomic E-state index is 0.0620. The fraction of sp³-hybridized carbons (Fsp3) is 0.273. The first-order chi connectivity index (χ1) is 16.3. The van der Waals surface area contributed by atoms with Gasteiger partial charge >= 0.3 is 0 Å². The Hall–Kier alpha value is -3.05. The van der Waals surface area contributed by atoms with Gasteiger partial charge in [0, 0.05) is 60.5 Å². The molecule has 3 aromatic heterocycles. The summed E-state index contributed by atoms with van der Waals surface area (Å²) in [6.45, 7) is 3.79. The number of fused-ring (bicyclic) bond motifs is 1. The lowest BCUT2D eigenvalue weighted by Gasteiger charge is -2.47. The van der Waals surface area contributed by atoms with Crippen LogP contribution in [0.2, 0.25) is 10.0 Å². The highest BCUT2D eigenvalue weighted by atomic mass is 35.5. The lowest BCUT2D eigenvalue weighted by atomic mass is 9.93. The van der Waals surface area contributed by atoms with Crippen LogP contribution in [-0.2, 0) is 0 Å². The molecule has 34 heavy (non-hydrogen) atoms. The zero-order valence-corrected chi connectivity index (χ0v) is 19.8. The van der Waals surface area contributed by atoms with Gasteiger partial charge in [-0.1, -0.05) is 23.2 Å². The summed E-state index contributed by atoms with van der Waals surface area (Å²) >= 11 is 12.3. The second-order valence-electron chi connectivity index (χ2n) is 8.39. The molecule has 4 N–H and O–H groups in total. The lowest BCUT2D eigenvalue weighted by molar-refractivity contribution is 0.205. The third-order valence-corrected chi connectivity index (χ3v) is 6.52. The van der Waals surface area contributed by atoms with Crippen molar-refractivity contribution in [2.45, 2.75) is 18.7 Å². The number of nitrogens with two attached hydrogens (primary N) is 1. The highest BCUT2D eigenvalue weighted by molar-refractivity contribution is 6.35. The highest BCUT2D eigenvalue weighted by Crippen LogP contribution is 2.35. The maximum atomic E-state index is 14.7. The van der Waals surface area contributed by atoms with E-state index in [0.717, 1.165) is 13.1 Å². The Bertz CT molecular complexity index is 1340. The number of aromatic nitrogens is 5. The molecule has 0 amide bonds. The van der Waals surface area contributed by atoms with Gasteiger partial charge in [0.2, 0.25) is 5.95 Å². The predicted molar refractivity (Wildman–Crippen MR) is 129 cm³/mol. The summed E-state index contributed by atoms with van der Waals surface area (Å²) in [5.74, 6) is -0.0454. The average molecular weight is 503 g/mol. The normalized spacial score (nSPS) is 15.9. The summed E-state index contributed by atoms with van der Waals surface area (Å²) in [6, 6.07) is 2.81. The number of hydrogen-bond acceptors (Lipinski definition) is 8. The Balaban J connectivity index is 1.42. The van der Waals surface area contributed by atoms with Gasteiger partial charge in [0.05, 0.1) is 21.1 Å². The molecule has 0 unspecified atom stereocenters. The molecule has 0 saturated carbocycles. The van der Waals surface area contributed by atoms with Crippen molar-refractivity contribution in [1.82, 2.24) is 30.5 Å². The molecule has 0 aliphatic carbocycles. The van der Waals surface area contributed by atoms with Crippen molar-refractivity contribution in [3.05, 3.63) is 58.3 Å². The molecule has 1 aromatic carbocycles. The molecule has 1 aliphatic heterocycles. The van der Waals surface area contributed by atoms with E-state index in [0.29, 0.717) is 33.7 Å². The molecular formula is C22H21Cl2FN8O. The van der Waals surface area contributed by atoms with Gasteiger partial charge in [-0.05, 0) is 20.0 Å². The van der Waals surface area contributed by atoms with E-state index in [9.17, 15) is 4.39 Å². The smallest absolute Gasteiger partial charge is 0.225 e. The van der Waals surface area contributed by atoms with E-state index in [4.69, 9.17) is 33.7 Å². The van der Waals surface area contributed by atoms with Crippen LogP contribution in [0.1, 0.15) is 18.7 Å². The van der Waals surface area contributed by atoms with Gasteiger partial charge < -0.3 is 15.0 Å². The standard InChI is InChI=1S/C22H21Cl2FN8O/c1-22(27-2)9-33(10-22)21-29-5-11(6-30-21)19-12-3-17(15(25)4-16(12)31-32-19)34-20(26)18-13(23)7-28-8-14(18)24/h3-8,20,27H,9-10,26H2,1-2H3,(H,31,32)/t20-/m0/s1. The molecule has 1 saturated heterocycles. The molecule has 5 rings (SSSR count).